The van der Waals surface area contributed by atoms with E-state index in [1.165, 1.54) is 119 Å². The summed E-state index contributed by atoms with van der Waals surface area (Å²) in [6.07, 6.45) is 0. The Morgan fingerprint density at radius 2 is 0.537 bits per heavy atom. The lowest BCUT2D eigenvalue weighted by molar-refractivity contribution is 1.70. The van der Waals surface area contributed by atoms with E-state index in [1.54, 1.807) is 0 Å². The number of hydrogen-bond acceptors (Lipinski definition) is 0. The van der Waals surface area contributed by atoms with Crippen molar-refractivity contribution in [1.82, 2.24) is 0 Å². The average molecular weight is 681 g/mol. The monoisotopic (exact) mass is 680 g/mol. The van der Waals surface area contributed by atoms with Crippen molar-refractivity contribution in [3.63, 3.8) is 0 Å². The van der Waals surface area contributed by atoms with Gasteiger partial charge in [-0.05, 0) is 150 Å². The number of benzene rings is 12. The molecular weight excluding hydrogens is 649 g/mol. The van der Waals surface area contributed by atoms with E-state index in [0.29, 0.717) is 0 Å². The molecule has 0 aliphatic rings. The molecular formula is C54H32. The molecule has 0 radical (unpaired) electrons. The summed E-state index contributed by atoms with van der Waals surface area (Å²) in [6, 6.07) is 72.6. The van der Waals surface area contributed by atoms with Crippen LogP contribution in [0.1, 0.15) is 0 Å². The Labute approximate surface area is 312 Å². The molecule has 0 heterocycles. The molecule has 54 heavy (non-hydrogen) atoms. The molecule has 12 aromatic rings. The maximum Gasteiger partial charge on any atom is -0.00204 e. The number of fused-ring (bicyclic) bond motifs is 12. The van der Waals surface area contributed by atoms with Gasteiger partial charge in [0.25, 0.3) is 0 Å². The summed E-state index contributed by atoms with van der Waals surface area (Å²) in [5, 5.41) is 23.0. The quantitative estimate of drug-likeness (QED) is 0.126. The fourth-order valence-electron chi connectivity index (χ4n) is 9.45. The van der Waals surface area contributed by atoms with Crippen molar-refractivity contribution < 1.29 is 0 Å². The molecule has 0 atom stereocenters. The van der Waals surface area contributed by atoms with Crippen LogP contribution in [0.2, 0.25) is 0 Å². The van der Waals surface area contributed by atoms with E-state index in [4.69, 9.17) is 0 Å². The summed E-state index contributed by atoms with van der Waals surface area (Å²) in [6.45, 7) is 0. The van der Waals surface area contributed by atoms with Gasteiger partial charge in [0, 0.05) is 0 Å². The van der Waals surface area contributed by atoms with Crippen molar-refractivity contribution in [2.75, 3.05) is 0 Å². The van der Waals surface area contributed by atoms with Gasteiger partial charge in [0.15, 0.2) is 0 Å². The van der Waals surface area contributed by atoms with E-state index in [9.17, 15) is 0 Å². The molecule has 0 heteroatoms. The smallest absolute Gasteiger partial charge is 0.00204 e. The van der Waals surface area contributed by atoms with Crippen LogP contribution in [0.4, 0.5) is 0 Å². The van der Waals surface area contributed by atoms with Crippen LogP contribution < -0.4 is 0 Å². The molecule has 0 saturated heterocycles. The zero-order valence-corrected chi connectivity index (χ0v) is 29.5. The van der Waals surface area contributed by atoms with Crippen LogP contribution in [-0.4, -0.2) is 0 Å². The third-order valence-corrected chi connectivity index (χ3v) is 11.9. The van der Waals surface area contributed by atoms with Crippen molar-refractivity contribution in [2.45, 2.75) is 0 Å². The van der Waals surface area contributed by atoms with Crippen LogP contribution in [0.25, 0.3) is 119 Å². The minimum Gasteiger partial charge on any atom is -0.0616 e. The van der Waals surface area contributed by atoms with Gasteiger partial charge in [0.05, 0.1) is 0 Å². The molecule has 0 amide bonds. The minimum atomic E-state index is 1.26. The molecule has 0 aromatic heterocycles. The van der Waals surface area contributed by atoms with Crippen LogP contribution in [0.15, 0.2) is 194 Å². The first kappa shape index (κ1) is 29.5. The second-order valence-corrected chi connectivity index (χ2v) is 14.8. The van der Waals surface area contributed by atoms with E-state index in [0.717, 1.165) is 0 Å². The fraction of sp³-hybridized carbons (Fsp3) is 0. The molecule has 0 bridgehead atoms. The third-order valence-electron chi connectivity index (χ3n) is 11.9. The number of hydrogen-bond donors (Lipinski definition) is 0. The predicted octanol–water partition coefficient (Wildman–Crippen LogP) is 15.4. The van der Waals surface area contributed by atoms with Crippen LogP contribution >= 0.6 is 0 Å². The van der Waals surface area contributed by atoms with Crippen molar-refractivity contribution in [3.05, 3.63) is 194 Å². The van der Waals surface area contributed by atoms with Gasteiger partial charge in [-0.2, -0.15) is 0 Å². The van der Waals surface area contributed by atoms with Gasteiger partial charge in [-0.1, -0.05) is 164 Å². The topological polar surface area (TPSA) is 0 Å². The summed E-state index contributed by atoms with van der Waals surface area (Å²) in [5.74, 6) is 0. The lowest BCUT2D eigenvalue weighted by atomic mass is 9.85. The summed E-state index contributed by atoms with van der Waals surface area (Å²) in [7, 11) is 0. The zero-order valence-electron chi connectivity index (χ0n) is 29.5. The fourth-order valence-corrected chi connectivity index (χ4v) is 9.45. The van der Waals surface area contributed by atoms with Crippen LogP contribution in [0.5, 0.6) is 0 Å². The van der Waals surface area contributed by atoms with Gasteiger partial charge in [-0.3, -0.25) is 0 Å². The highest BCUT2D eigenvalue weighted by atomic mass is 14.2. The zero-order chi connectivity index (χ0) is 35.3. The normalized spacial score (nSPS) is 12.1. The highest BCUT2D eigenvalue weighted by Crippen LogP contribution is 2.45. The van der Waals surface area contributed by atoms with Gasteiger partial charge >= 0.3 is 0 Å². The highest BCUT2D eigenvalue weighted by molar-refractivity contribution is 6.26. The maximum absolute atomic E-state index is 2.41. The van der Waals surface area contributed by atoms with Crippen molar-refractivity contribution in [1.29, 1.82) is 0 Å². The third kappa shape index (κ3) is 4.26. The van der Waals surface area contributed by atoms with Crippen LogP contribution in [0.3, 0.4) is 0 Å². The second-order valence-electron chi connectivity index (χ2n) is 14.8. The molecule has 12 rings (SSSR count). The Morgan fingerprint density at radius 3 is 1.11 bits per heavy atom. The van der Waals surface area contributed by atoms with Gasteiger partial charge in [-0.25, -0.2) is 0 Å². The first-order chi connectivity index (χ1) is 26.8. The molecule has 248 valence electrons. The molecule has 0 N–H and O–H groups in total. The lowest BCUT2D eigenvalue weighted by Gasteiger charge is -2.18. The Hall–Kier alpha value is -7.02. The van der Waals surface area contributed by atoms with Gasteiger partial charge in [-0.15, -0.1) is 0 Å². The minimum absolute atomic E-state index is 1.26. The Bertz CT molecular complexity index is 3550. The SMILES string of the molecule is c1ccc2cc3c(ccc4c(-c5cccc6c5ccc5c(-c7cccc8c7ccc7cc9ccccc9cc78)c7ccccc7cc56)cccc43)cc2c1. The molecule has 0 unspecified atom stereocenters. The molecule has 0 nitrogen and oxygen atoms in total. The summed E-state index contributed by atoms with van der Waals surface area (Å²) < 4.78 is 0. The lowest BCUT2D eigenvalue weighted by Crippen LogP contribution is -1.90. The summed E-state index contributed by atoms with van der Waals surface area (Å²) >= 11 is 0. The first-order valence-electron chi connectivity index (χ1n) is 18.8. The average Bonchev–Trinajstić information content (AvgIpc) is 3.23. The molecule has 0 saturated carbocycles. The van der Waals surface area contributed by atoms with E-state index >= 15 is 0 Å². The van der Waals surface area contributed by atoms with Crippen molar-refractivity contribution >= 4 is 97.0 Å². The molecule has 0 aliphatic heterocycles. The Balaban J connectivity index is 1.12. The number of rotatable bonds is 2. The maximum atomic E-state index is 2.41. The molecule has 12 aromatic carbocycles. The Kier molecular flexibility index (Phi) is 6.15. The summed E-state index contributed by atoms with van der Waals surface area (Å²) in [5.41, 5.74) is 5.10. The largest absolute Gasteiger partial charge is 0.0616 e. The van der Waals surface area contributed by atoms with Gasteiger partial charge in [0.2, 0.25) is 0 Å². The van der Waals surface area contributed by atoms with E-state index in [1.807, 2.05) is 0 Å². The highest BCUT2D eigenvalue weighted by Gasteiger charge is 2.17. The van der Waals surface area contributed by atoms with E-state index < -0.39 is 0 Å². The molecule has 0 spiro atoms. The van der Waals surface area contributed by atoms with Gasteiger partial charge in [0.1, 0.15) is 0 Å². The predicted molar refractivity (Wildman–Crippen MR) is 235 cm³/mol. The Morgan fingerprint density at radius 1 is 0.167 bits per heavy atom. The molecule has 0 aliphatic carbocycles. The summed E-state index contributed by atoms with van der Waals surface area (Å²) in [4.78, 5) is 0. The molecule has 0 fully saturated rings. The van der Waals surface area contributed by atoms with E-state index in [-0.39, 0.29) is 0 Å². The van der Waals surface area contributed by atoms with Crippen LogP contribution in [0, 0.1) is 0 Å². The van der Waals surface area contributed by atoms with Crippen LogP contribution in [-0.2, 0) is 0 Å². The first-order valence-corrected chi connectivity index (χ1v) is 18.8. The second kappa shape index (κ2) is 11.2. The van der Waals surface area contributed by atoms with Crippen molar-refractivity contribution in [3.8, 4) is 22.3 Å². The standard InChI is InChI=1S/C54H32/c1-3-12-35-30-51-38(28-33(35)10-1)22-24-46-41(16-7-18-43(46)51)42-17-8-20-45-47(42)26-27-50-53(45)32-37-14-5-6-15-40(37)54(50)49-21-9-19-44-48(49)25-23-39-29-34-11-2-4-13-36(34)31-52(39)44/h1-32H. The van der Waals surface area contributed by atoms with E-state index in [2.05, 4.69) is 194 Å². The van der Waals surface area contributed by atoms with Gasteiger partial charge < -0.3 is 0 Å². The van der Waals surface area contributed by atoms with Crippen molar-refractivity contribution in [2.24, 2.45) is 0 Å².